The summed E-state index contributed by atoms with van der Waals surface area (Å²) in [6, 6.07) is 6.92. The minimum Gasteiger partial charge on any atom is -0.396 e. The van der Waals surface area contributed by atoms with Crippen LogP contribution >= 0.6 is 27.7 Å². The fourth-order valence-electron chi connectivity index (χ4n) is 1.67. The first kappa shape index (κ1) is 17.0. The van der Waals surface area contributed by atoms with Crippen molar-refractivity contribution in [1.29, 1.82) is 0 Å². The summed E-state index contributed by atoms with van der Waals surface area (Å²) < 4.78 is 1.14. The summed E-state index contributed by atoms with van der Waals surface area (Å²) in [6.07, 6.45) is 1.15. The molecular formula is C15H24BrNOS. The van der Waals surface area contributed by atoms with E-state index in [-0.39, 0.29) is 6.61 Å². The molecule has 2 atom stereocenters. The van der Waals surface area contributed by atoms with Gasteiger partial charge in [-0.15, -0.1) is 11.8 Å². The SMILES string of the molecule is CCCNC(C)c1ccc(SCC(C)CO)c(Br)c1. The van der Waals surface area contributed by atoms with Crippen LogP contribution < -0.4 is 5.32 Å². The van der Waals surface area contributed by atoms with Crippen molar-refractivity contribution in [3.05, 3.63) is 28.2 Å². The topological polar surface area (TPSA) is 32.3 Å². The van der Waals surface area contributed by atoms with E-state index >= 15 is 0 Å². The highest BCUT2D eigenvalue weighted by molar-refractivity contribution is 9.10. The molecule has 0 heterocycles. The first-order valence-electron chi connectivity index (χ1n) is 6.85. The van der Waals surface area contributed by atoms with Crippen LogP contribution in [0, 0.1) is 5.92 Å². The first-order chi connectivity index (χ1) is 9.08. The Morgan fingerprint density at radius 1 is 1.37 bits per heavy atom. The Labute approximate surface area is 129 Å². The zero-order chi connectivity index (χ0) is 14.3. The van der Waals surface area contributed by atoms with E-state index in [1.807, 2.05) is 0 Å². The minimum absolute atomic E-state index is 0.251. The highest BCUT2D eigenvalue weighted by atomic mass is 79.9. The van der Waals surface area contributed by atoms with Crippen LogP contribution in [0.2, 0.25) is 0 Å². The normalized spacial score (nSPS) is 14.4. The van der Waals surface area contributed by atoms with Gasteiger partial charge in [-0.25, -0.2) is 0 Å². The second kappa shape index (κ2) is 9.01. The van der Waals surface area contributed by atoms with Crippen molar-refractivity contribution in [1.82, 2.24) is 5.32 Å². The summed E-state index contributed by atoms with van der Waals surface area (Å²) in [4.78, 5) is 1.24. The number of thioether (sulfide) groups is 1. The summed E-state index contributed by atoms with van der Waals surface area (Å²) >= 11 is 5.44. The monoisotopic (exact) mass is 345 g/mol. The lowest BCUT2D eigenvalue weighted by Crippen LogP contribution is -2.19. The second-order valence-corrected chi connectivity index (χ2v) is 6.88. The third-order valence-corrected chi connectivity index (χ3v) is 5.31. The van der Waals surface area contributed by atoms with Crippen LogP contribution in [0.5, 0.6) is 0 Å². The fraction of sp³-hybridized carbons (Fsp3) is 0.600. The van der Waals surface area contributed by atoms with Crippen LogP contribution in [-0.2, 0) is 0 Å². The molecule has 4 heteroatoms. The third-order valence-electron chi connectivity index (χ3n) is 2.99. The van der Waals surface area contributed by atoms with Crippen molar-refractivity contribution in [2.45, 2.75) is 38.1 Å². The van der Waals surface area contributed by atoms with Crippen LogP contribution in [-0.4, -0.2) is 24.0 Å². The molecular weight excluding hydrogens is 322 g/mol. The minimum atomic E-state index is 0.251. The standard InChI is InChI=1S/C15H24BrNOS/c1-4-7-17-12(3)13-5-6-15(14(16)8-13)19-10-11(2)9-18/h5-6,8,11-12,17-18H,4,7,9-10H2,1-3H3. The highest BCUT2D eigenvalue weighted by Gasteiger charge is 2.09. The Kier molecular flexibility index (Phi) is 8.07. The van der Waals surface area contributed by atoms with Gasteiger partial charge in [-0.3, -0.25) is 0 Å². The maximum Gasteiger partial charge on any atom is 0.0464 e. The van der Waals surface area contributed by atoms with Crippen LogP contribution in [0.25, 0.3) is 0 Å². The van der Waals surface area contributed by atoms with Gasteiger partial charge in [-0.2, -0.15) is 0 Å². The van der Waals surface area contributed by atoms with Crippen molar-refractivity contribution < 1.29 is 5.11 Å². The number of hydrogen-bond acceptors (Lipinski definition) is 3. The molecule has 0 fully saturated rings. The van der Waals surface area contributed by atoms with Crippen molar-refractivity contribution >= 4 is 27.7 Å². The first-order valence-corrected chi connectivity index (χ1v) is 8.62. The molecule has 0 aromatic heterocycles. The van der Waals surface area contributed by atoms with Crippen molar-refractivity contribution in [3.8, 4) is 0 Å². The summed E-state index contributed by atoms with van der Waals surface area (Å²) in [6.45, 7) is 7.73. The van der Waals surface area contributed by atoms with E-state index in [4.69, 9.17) is 5.11 Å². The van der Waals surface area contributed by atoms with E-state index < -0.39 is 0 Å². The van der Waals surface area contributed by atoms with Crippen molar-refractivity contribution in [2.75, 3.05) is 18.9 Å². The quantitative estimate of drug-likeness (QED) is 0.691. The summed E-state index contributed by atoms with van der Waals surface area (Å²) in [5.41, 5.74) is 1.31. The number of benzene rings is 1. The maximum absolute atomic E-state index is 9.05. The van der Waals surface area contributed by atoms with E-state index in [2.05, 4.69) is 60.2 Å². The predicted molar refractivity (Wildman–Crippen MR) is 87.8 cm³/mol. The van der Waals surface area contributed by atoms with Gasteiger partial charge in [0.15, 0.2) is 0 Å². The van der Waals surface area contributed by atoms with Crippen LogP contribution in [0.1, 0.15) is 38.8 Å². The van der Waals surface area contributed by atoms with Gasteiger partial charge in [0.05, 0.1) is 0 Å². The third kappa shape index (κ3) is 5.86. The average molecular weight is 346 g/mol. The largest absolute Gasteiger partial charge is 0.396 e. The number of halogens is 1. The van der Waals surface area contributed by atoms with Gasteiger partial charge in [0, 0.05) is 27.8 Å². The van der Waals surface area contributed by atoms with E-state index in [1.54, 1.807) is 11.8 Å². The molecule has 1 rings (SSSR count). The molecule has 108 valence electrons. The Morgan fingerprint density at radius 3 is 2.68 bits per heavy atom. The number of aliphatic hydroxyl groups is 1. The van der Waals surface area contributed by atoms with Crippen LogP contribution in [0.15, 0.2) is 27.6 Å². The molecule has 0 aliphatic carbocycles. The highest BCUT2D eigenvalue weighted by Crippen LogP contribution is 2.31. The number of rotatable bonds is 8. The molecule has 0 saturated heterocycles. The molecule has 19 heavy (non-hydrogen) atoms. The zero-order valence-corrected chi connectivity index (χ0v) is 14.4. The molecule has 2 nitrogen and oxygen atoms in total. The van der Waals surface area contributed by atoms with Gasteiger partial charge in [-0.1, -0.05) is 19.9 Å². The lowest BCUT2D eigenvalue weighted by atomic mass is 10.1. The molecule has 2 N–H and O–H groups in total. The molecule has 1 aromatic rings. The summed E-state index contributed by atoms with van der Waals surface area (Å²) in [5, 5.41) is 12.5. The van der Waals surface area contributed by atoms with Gasteiger partial charge in [-0.05, 0) is 59.4 Å². The molecule has 0 aliphatic heterocycles. The van der Waals surface area contributed by atoms with Gasteiger partial charge in [0.1, 0.15) is 0 Å². The van der Waals surface area contributed by atoms with Gasteiger partial charge in [0.2, 0.25) is 0 Å². The van der Waals surface area contributed by atoms with E-state index in [0.717, 1.165) is 23.2 Å². The maximum atomic E-state index is 9.05. The van der Waals surface area contributed by atoms with Crippen molar-refractivity contribution in [2.24, 2.45) is 5.92 Å². The molecule has 2 unspecified atom stereocenters. The molecule has 0 spiro atoms. The molecule has 0 amide bonds. The van der Waals surface area contributed by atoms with E-state index in [9.17, 15) is 0 Å². The molecule has 0 bridgehead atoms. The summed E-state index contributed by atoms with van der Waals surface area (Å²) in [7, 11) is 0. The second-order valence-electron chi connectivity index (χ2n) is 4.96. The van der Waals surface area contributed by atoms with E-state index in [1.165, 1.54) is 10.5 Å². The summed E-state index contributed by atoms with van der Waals surface area (Å²) in [5.74, 6) is 1.28. The van der Waals surface area contributed by atoms with Gasteiger partial charge >= 0.3 is 0 Å². The van der Waals surface area contributed by atoms with Gasteiger partial charge in [0.25, 0.3) is 0 Å². The van der Waals surface area contributed by atoms with E-state index in [0.29, 0.717) is 12.0 Å². The zero-order valence-electron chi connectivity index (χ0n) is 11.9. The predicted octanol–water partition coefficient (Wildman–Crippen LogP) is 4.23. The smallest absolute Gasteiger partial charge is 0.0464 e. The molecule has 0 radical (unpaired) electrons. The number of aliphatic hydroxyl groups excluding tert-OH is 1. The molecule has 0 aliphatic rings. The van der Waals surface area contributed by atoms with Crippen molar-refractivity contribution in [3.63, 3.8) is 0 Å². The molecule has 0 saturated carbocycles. The van der Waals surface area contributed by atoms with Crippen LogP contribution in [0.3, 0.4) is 0 Å². The van der Waals surface area contributed by atoms with Gasteiger partial charge < -0.3 is 10.4 Å². The molecule has 1 aromatic carbocycles. The number of hydrogen-bond donors (Lipinski definition) is 2. The Morgan fingerprint density at radius 2 is 2.11 bits per heavy atom. The lowest BCUT2D eigenvalue weighted by Gasteiger charge is -2.15. The number of nitrogens with one attached hydrogen (secondary N) is 1. The Balaban J connectivity index is 2.63. The van der Waals surface area contributed by atoms with Crippen LogP contribution in [0.4, 0.5) is 0 Å². The Hall–Kier alpha value is -0.0300. The Bertz CT molecular complexity index is 386. The lowest BCUT2D eigenvalue weighted by molar-refractivity contribution is 0.250. The average Bonchev–Trinajstić information content (AvgIpc) is 2.42. The fourth-order valence-corrected chi connectivity index (χ4v) is 3.34.